The van der Waals surface area contributed by atoms with E-state index in [0.717, 1.165) is 16.7 Å². The standard InChI is InChI=1S/C15H14N2O3/c16-15(18)10-7-11-3-1-2-4-14(11)12-5-8-13(9-6-12)17(19)20/h1-6,8-9H,7,10H2,(H2,16,18). The molecule has 0 aromatic heterocycles. The zero-order valence-corrected chi connectivity index (χ0v) is 10.8. The predicted octanol–water partition coefficient (Wildman–Crippen LogP) is 2.68. The van der Waals surface area contributed by atoms with Crippen LogP contribution in [0.1, 0.15) is 12.0 Å². The van der Waals surface area contributed by atoms with Gasteiger partial charge in [-0.15, -0.1) is 0 Å². The topological polar surface area (TPSA) is 86.2 Å². The molecule has 0 spiro atoms. The lowest BCUT2D eigenvalue weighted by molar-refractivity contribution is -0.384. The highest BCUT2D eigenvalue weighted by Gasteiger charge is 2.08. The van der Waals surface area contributed by atoms with Crippen molar-refractivity contribution in [2.24, 2.45) is 5.73 Å². The van der Waals surface area contributed by atoms with Gasteiger partial charge in [0.05, 0.1) is 4.92 Å². The van der Waals surface area contributed by atoms with Crippen LogP contribution in [0.4, 0.5) is 5.69 Å². The minimum Gasteiger partial charge on any atom is -0.370 e. The van der Waals surface area contributed by atoms with Crippen molar-refractivity contribution in [3.8, 4) is 11.1 Å². The van der Waals surface area contributed by atoms with Gasteiger partial charge in [-0.25, -0.2) is 0 Å². The molecule has 2 rings (SSSR count). The number of rotatable bonds is 5. The summed E-state index contributed by atoms with van der Waals surface area (Å²) in [5.74, 6) is -0.344. The largest absolute Gasteiger partial charge is 0.370 e. The monoisotopic (exact) mass is 270 g/mol. The third-order valence-corrected chi connectivity index (χ3v) is 3.05. The van der Waals surface area contributed by atoms with E-state index < -0.39 is 4.92 Å². The summed E-state index contributed by atoms with van der Waals surface area (Å²) in [4.78, 5) is 21.1. The number of amides is 1. The Morgan fingerprint density at radius 1 is 1.10 bits per heavy atom. The first-order valence-corrected chi connectivity index (χ1v) is 6.19. The number of carbonyl (C=O) groups excluding carboxylic acids is 1. The Morgan fingerprint density at radius 2 is 1.75 bits per heavy atom. The Kier molecular flexibility index (Phi) is 4.10. The van der Waals surface area contributed by atoms with E-state index in [0.29, 0.717) is 6.42 Å². The Morgan fingerprint density at radius 3 is 2.35 bits per heavy atom. The van der Waals surface area contributed by atoms with Crippen LogP contribution in [0.25, 0.3) is 11.1 Å². The van der Waals surface area contributed by atoms with Crippen molar-refractivity contribution in [3.63, 3.8) is 0 Å². The van der Waals surface area contributed by atoms with Gasteiger partial charge in [0, 0.05) is 18.6 Å². The molecule has 0 atom stereocenters. The van der Waals surface area contributed by atoms with Crippen LogP contribution >= 0.6 is 0 Å². The zero-order valence-electron chi connectivity index (χ0n) is 10.8. The highest BCUT2D eigenvalue weighted by molar-refractivity contribution is 5.75. The molecule has 0 radical (unpaired) electrons. The van der Waals surface area contributed by atoms with Gasteiger partial charge in [0.2, 0.25) is 5.91 Å². The molecule has 102 valence electrons. The van der Waals surface area contributed by atoms with Gasteiger partial charge in [0.15, 0.2) is 0 Å². The number of nitro groups is 1. The van der Waals surface area contributed by atoms with Gasteiger partial charge >= 0.3 is 0 Å². The van der Waals surface area contributed by atoms with Gasteiger partial charge in [-0.05, 0) is 35.2 Å². The number of primary amides is 1. The zero-order chi connectivity index (χ0) is 14.5. The molecule has 5 heteroatoms. The van der Waals surface area contributed by atoms with Crippen LogP contribution in [-0.2, 0) is 11.2 Å². The highest BCUT2D eigenvalue weighted by atomic mass is 16.6. The average molecular weight is 270 g/mol. The molecule has 0 fully saturated rings. The second-order valence-corrected chi connectivity index (χ2v) is 4.43. The molecule has 2 N–H and O–H groups in total. The van der Waals surface area contributed by atoms with Crippen molar-refractivity contribution in [1.29, 1.82) is 0 Å². The van der Waals surface area contributed by atoms with E-state index in [1.807, 2.05) is 24.3 Å². The van der Waals surface area contributed by atoms with Gasteiger partial charge < -0.3 is 5.73 Å². The van der Waals surface area contributed by atoms with E-state index in [1.54, 1.807) is 12.1 Å². The summed E-state index contributed by atoms with van der Waals surface area (Å²) in [5.41, 5.74) is 8.07. The molecule has 0 aliphatic carbocycles. The molecule has 0 heterocycles. The fourth-order valence-electron chi connectivity index (χ4n) is 2.04. The van der Waals surface area contributed by atoms with Crippen molar-refractivity contribution in [3.05, 3.63) is 64.2 Å². The molecule has 0 aliphatic heterocycles. The third-order valence-electron chi connectivity index (χ3n) is 3.05. The molecular formula is C15H14N2O3. The first kappa shape index (κ1) is 13.7. The lowest BCUT2D eigenvalue weighted by Gasteiger charge is -2.08. The van der Waals surface area contributed by atoms with E-state index in [2.05, 4.69) is 0 Å². The summed E-state index contributed by atoms with van der Waals surface area (Å²) in [6.45, 7) is 0. The minimum absolute atomic E-state index is 0.0587. The fraction of sp³-hybridized carbons (Fsp3) is 0.133. The van der Waals surface area contributed by atoms with Crippen LogP contribution in [0, 0.1) is 10.1 Å². The quantitative estimate of drug-likeness (QED) is 0.669. The lowest BCUT2D eigenvalue weighted by Crippen LogP contribution is -2.11. The molecule has 0 aliphatic rings. The third kappa shape index (κ3) is 3.20. The summed E-state index contributed by atoms with van der Waals surface area (Å²) in [6.07, 6.45) is 0.840. The van der Waals surface area contributed by atoms with Crippen molar-refractivity contribution in [1.82, 2.24) is 0 Å². The SMILES string of the molecule is NC(=O)CCc1ccccc1-c1ccc([N+](=O)[O-])cc1. The van der Waals surface area contributed by atoms with Crippen molar-refractivity contribution < 1.29 is 9.72 Å². The molecule has 0 bridgehead atoms. The molecule has 2 aromatic rings. The van der Waals surface area contributed by atoms with Crippen LogP contribution in [0.15, 0.2) is 48.5 Å². The van der Waals surface area contributed by atoms with Crippen molar-refractivity contribution >= 4 is 11.6 Å². The summed E-state index contributed by atoms with van der Waals surface area (Å²) in [7, 11) is 0. The maximum Gasteiger partial charge on any atom is 0.269 e. The number of hydrogen-bond acceptors (Lipinski definition) is 3. The van der Waals surface area contributed by atoms with Gasteiger partial charge in [-0.2, -0.15) is 0 Å². The number of nitrogens with two attached hydrogens (primary N) is 1. The van der Waals surface area contributed by atoms with Gasteiger partial charge in [-0.3, -0.25) is 14.9 Å². The number of carbonyl (C=O) groups is 1. The van der Waals surface area contributed by atoms with Crippen LogP contribution in [0.5, 0.6) is 0 Å². The molecule has 20 heavy (non-hydrogen) atoms. The van der Waals surface area contributed by atoms with Crippen LogP contribution in [-0.4, -0.2) is 10.8 Å². The molecule has 0 saturated heterocycles. The molecule has 0 unspecified atom stereocenters. The maximum atomic E-state index is 10.9. The molecule has 1 amide bonds. The Balaban J connectivity index is 2.31. The van der Waals surface area contributed by atoms with Crippen LogP contribution in [0.3, 0.4) is 0 Å². The Bertz CT molecular complexity index is 636. The first-order valence-electron chi connectivity index (χ1n) is 6.19. The average Bonchev–Trinajstić information content (AvgIpc) is 2.45. The van der Waals surface area contributed by atoms with Gasteiger partial charge in [0.25, 0.3) is 5.69 Å². The smallest absolute Gasteiger partial charge is 0.269 e. The lowest BCUT2D eigenvalue weighted by atomic mass is 9.96. The van der Waals surface area contributed by atoms with Crippen LogP contribution < -0.4 is 5.73 Å². The van der Waals surface area contributed by atoms with Gasteiger partial charge in [-0.1, -0.05) is 24.3 Å². The van der Waals surface area contributed by atoms with E-state index >= 15 is 0 Å². The molecule has 0 saturated carbocycles. The van der Waals surface area contributed by atoms with Gasteiger partial charge in [0.1, 0.15) is 0 Å². The van der Waals surface area contributed by atoms with E-state index in [-0.39, 0.29) is 18.0 Å². The van der Waals surface area contributed by atoms with Crippen LogP contribution in [0.2, 0.25) is 0 Å². The fourth-order valence-corrected chi connectivity index (χ4v) is 2.04. The Labute approximate surface area is 116 Å². The van der Waals surface area contributed by atoms with E-state index in [4.69, 9.17) is 5.73 Å². The molecular weight excluding hydrogens is 256 g/mol. The summed E-state index contributed by atoms with van der Waals surface area (Å²) in [6, 6.07) is 14.0. The number of hydrogen-bond donors (Lipinski definition) is 1. The highest BCUT2D eigenvalue weighted by Crippen LogP contribution is 2.26. The van der Waals surface area contributed by atoms with Crippen molar-refractivity contribution in [2.75, 3.05) is 0 Å². The number of aryl methyl sites for hydroxylation is 1. The second kappa shape index (κ2) is 5.97. The summed E-state index contributed by atoms with van der Waals surface area (Å²) in [5, 5.41) is 10.6. The van der Waals surface area contributed by atoms with E-state index in [9.17, 15) is 14.9 Å². The summed E-state index contributed by atoms with van der Waals surface area (Å²) >= 11 is 0. The molecule has 2 aromatic carbocycles. The second-order valence-electron chi connectivity index (χ2n) is 4.43. The van der Waals surface area contributed by atoms with E-state index in [1.165, 1.54) is 12.1 Å². The number of nitro benzene ring substituents is 1. The minimum atomic E-state index is -0.428. The summed E-state index contributed by atoms with van der Waals surface area (Å²) < 4.78 is 0. The Hall–Kier alpha value is -2.69. The maximum absolute atomic E-state index is 10.9. The normalized spacial score (nSPS) is 10.2. The van der Waals surface area contributed by atoms with Crippen molar-refractivity contribution in [2.45, 2.75) is 12.8 Å². The number of nitrogens with zero attached hydrogens (tertiary/aromatic N) is 1. The number of non-ortho nitro benzene ring substituents is 1. The first-order chi connectivity index (χ1) is 9.58. The molecule has 5 nitrogen and oxygen atoms in total. The predicted molar refractivity (Wildman–Crippen MR) is 76.0 cm³/mol. The number of benzene rings is 2.